The summed E-state index contributed by atoms with van der Waals surface area (Å²) in [6.45, 7) is 1.85. The van der Waals surface area contributed by atoms with Gasteiger partial charge in [-0.3, -0.25) is 4.79 Å². The largest absolute Gasteiger partial charge is 0.434 e. The van der Waals surface area contributed by atoms with Crippen molar-refractivity contribution in [3.8, 4) is 0 Å². The van der Waals surface area contributed by atoms with E-state index in [0.717, 1.165) is 29.6 Å². The quantitative estimate of drug-likeness (QED) is 0.845. The van der Waals surface area contributed by atoms with Crippen LogP contribution in [0.5, 0.6) is 0 Å². The van der Waals surface area contributed by atoms with Crippen LogP contribution >= 0.6 is 11.3 Å². The molecule has 2 rings (SSSR count). The van der Waals surface area contributed by atoms with Gasteiger partial charge in [-0.1, -0.05) is 0 Å². The van der Waals surface area contributed by atoms with Crippen molar-refractivity contribution in [2.45, 2.75) is 44.4 Å². The molecule has 1 aliphatic rings. The first-order chi connectivity index (χ1) is 9.68. The Balaban J connectivity index is 1.74. The van der Waals surface area contributed by atoms with E-state index in [0.29, 0.717) is 5.01 Å². The van der Waals surface area contributed by atoms with Crippen LogP contribution in [0.4, 0.5) is 13.2 Å². The van der Waals surface area contributed by atoms with Crippen molar-refractivity contribution in [2.24, 2.45) is 5.92 Å². The maximum atomic E-state index is 12.4. The lowest BCUT2D eigenvalue weighted by atomic mass is 9.96. The highest BCUT2D eigenvalue weighted by Crippen LogP contribution is 2.41. The zero-order valence-corrected chi connectivity index (χ0v) is 12.4. The molecule has 2 N–H and O–H groups in total. The Kier molecular flexibility index (Phi) is 4.57. The highest BCUT2D eigenvalue weighted by Gasteiger charge is 2.41. The van der Waals surface area contributed by atoms with Gasteiger partial charge >= 0.3 is 6.18 Å². The third kappa shape index (κ3) is 4.67. The van der Waals surface area contributed by atoms with E-state index in [1.54, 1.807) is 6.92 Å². The molecule has 0 aliphatic heterocycles. The van der Waals surface area contributed by atoms with Crippen LogP contribution in [0.3, 0.4) is 0 Å². The van der Waals surface area contributed by atoms with E-state index in [2.05, 4.69) is 10.3 Å². The number of aliphatic hydroxyl groups is 1. The minimum atomic E-state index is -4.43. The Morgan fingerprint density at radius 2 is 2.19 bits per heavy atom. The van der Waals surface area contributed by atoms with E-state index in [1.165, 1.54) is 0 Å². The number of hydrogen-bond donors (Lipinski definition) is 2. The first-order valence-corrected chi connectivity index (χ1v) is 7.57. The van der Waals surface area contributed by atoms with Gasteiger partial charge in [0.05, 0.1) is 17.0 Å². The molecule has 0 aromatic carbocycles. The smallest absolute Gasteiger partial charge is 0.389 e. The summed E-state index contributed by atoms with van der Waals surface area (Å²) in [5, 5.41) is 13.9. The van der Waals surface area contributed by atoms with Gasteiger partial charge in [0.1, 0.15) is 0 Å². The molecule has 0 spiro atoms. The van der Waals surface area contributed by atoms with Gasteiger partial charge in [-0.05, 0) is 25.7 Å². The van der Waals surface area contributed by atoms with Crippen molar-refractivity contribution in [3.05, 3.63) is 16.1 Å². The number of rotatable bonds is 6. The zero-order chi connectivity index (χ0) is 15.7. The summed E-state index contributed by atoms with van der Waals surface area (Å²) in [6.07, 6.45) is -2.30. The van der Waals surface area contributed by atoms with Gasteiger partial charge in [0, 0.05) is 18.3 Å². The van der Waals surface area contributed by atoms with Crippen molar-refractivity contribution < 1.29 is 23.1 Å². The second kappa shape index (κ2) is 5.92. The molecule has 1 aromatic heterocycles. The van der Waals surface area contributed by atoms with Gasteiger partial charge in [-0.25, -0.2) is 4.98 Å². The van der Waals surface area contributed by atoms with Crippen molar-refractivity contribution in [1.82, 2.24) is 10.3 Å². The van der Waals surface area contributed by atoms with Crippen LogP contribution in [0.1, 0.15) is 36.9 Å². The molecule has 8 heteroatoms. The fourth-order valence-electron chi connectivity index (χ4n) is 2.10. The van der Waals surface area contributed by atoms with Gasteiger partial charge in [-0.2, -0.15) is 13.2 Å². The maximum absolute atomic E-state index is 12.4. The van der Waals surface area contributed by atoms with Crippen molar-refractivity contribution >= 4 is 17.2 Å². The number of amides is 1. The molecule has 0 unspecified atom stereocenters. The predicted octanol–water partition coefficient (Wildman–Crippen LogP) is 2.37. The second-order valence-corrected chi connectivity index (χ2v) is 6.48. The summed E-state index contributed by atoms with van der Waals surface area (Å²) in [5.74, 6) is -0.115. The van der Waals surface area contributed by atoms with E-state index < -0.39 is 17.5 Å². The maximum Gasteiger partial charge on any atom is 0.434 e. The highest BCUT2D eigenvalue weighted by atomic mass is 32.1. The van der Waals surface area contributed by atoms with Gasteiger partial charge in [0.15, 0.2) is 5.69 Å². The zero-order valence-electron chi connectivity index (χ0n) is 11.5. The fraction of sp³-hybridized carbons (Fsp3) is 0.692. The predicted molar refractivity (Wildman–Crippen MR) is 71.8 cm³/mol. The van der Waals surface area contributed by atoms with Crippen LogP contribution in [0.25, 0.3) is 0 Å². The van der Waals surface area contributed by atoms with E-state index >= 15 is 0 Å². The number of nitrogens with zero attached hydrogens (tertiary/aromatic N) is 1. The number of carbonyl (C=O) groups excluding carboxylic acids is 1. The van der Waals surface area contributed by atoms with Crippen LogP contribution in [0.15, 0.2) is 5.38 Å². The molecule has 118 valence electrons. The average Bonchev–Trinajstić information content (AvgIpc) is 3.08. The summed E-state index contributed by atoms with van der Waals surface area (Å²) in [7, 11) is 0. The first kappa shape index (κ1) is 16.2. The molecule has 1 saturated carbocycles. The molecular formula is C13H17F3N2O2S. The topological polar surface area (TPSA) is 62.2 Å². The lowest BCUT2D eigenvalue weighted by molar-refractivity contribution is -0.140. The number of nitrogens with one attached hydrogen (secondary N) is 1. The fourth-order valence-corrected chi connectivity index (χ4v) is 2.91. The van der Waals surface area contributed by atoms with Crippen LogP contribution in [-0.4, -0.2) is 28.1 Å². The van der Waals surface area contributed by atoms with Gasteiger partial charge in [0.2, 0.25) is 5.91 Å². The van der Waals surface area contributed by atoms with Gasteiger partial charge < -0.3 is 10.4 Å². The van der Waals surface area contributed by atoms with E-state index in [-0.39, 0.29) is 31.2 Å². The van der Waals surface area contributed by atoms with Crippen LogP contribution < -0.4 is 5.32 Å². The van der Waals surface area contributed by atoms with Crippen molar-refractivity contribution in [3.63, 3.8) is 0 Å². The van der Waals surface area contributed by atoms with Crippen LogP contribution in [0, 0.1) is 5.92 Å². The number of alkyl halides is 3. The molecule has 1 heterocycles. The summed E-state index contributed by atoms with van der Waals surface area (Å²) in [4.78, 5) is 15.2. The Morgan fingerprint density at radius 1 is 1.52 bits per heavy atom. The standard InChI is InChI=1S/C13H17F3N2O2S/c1-12(20,8-2-3-8)6-10(19)17-5-4-11-18-9(7-21-11)13(14,15)16/h7-8,20H,2-6H2,1H3,(H,17,19)/t12-/m1/s1. The highest BCUT2D eigenvalue weighted by molar-refractivity contribution is 7.09. The molecule has 1 aromatic rings. The lowest BCUT2D eigenvalue weighted by Crippen LogP contribution is -2.36. The molecule has 4 nitrogen and oxygen atoms in total. The summed E-state index contributed by atoms with van der Waals surface area (Å²) < 4.78 is 37.1. The third-order valence-electron chi connectivity index (χ3n) is 3.48. The SMILES string of the molecule is C[C@@](O)(CC(=O)NCCc1nc(C(F)(F)F)cs1)C1CC1. The normalized spacial score (nSPS) is 18.3. The lowest BCUT2D eigenvalue weighted by Gasteiger charge is -2.21. The molecule has 1 fully saturated rings. The van der Waals surface area contributed by atoms with Crippen molar-refractivity contribution in [2.75, 3.05) is 6.54 Å². The molecule has 1 atom stereocenters. The molecule has 1 amide bonds. The molecule has 0 bridgehead atoms. The van der Waals surface area contributed by atoms with E-state index in [4.69, 9.17) is 0 Å². The minimum Gasteiger partial charge on any atom is -0.389 e. The molecule has 0 saturated heterocycles. The third-order valence-corrected chi connectivity index (χ3v) is 4.39. The van der Waals surface area contributed by atoms with Crippen LogP contribution in [0.2, 0.25) is 0 Å². The monoisotopic (exact) mass is 322 g/mol. The summed E-state index contributed by atoms with van der Waals surface area (Å²) in [6, 6.07) is 0. The first-order valence-electron chi connectivity index (χ1n) is 6.69. The minimum absolute atomic E-state index is 0.0172. The number of thiazole rings is 1. The van der Waals surface area contributed by atoms with E-state index in [9.17, 15) is 23.1 Å². The van der Waals surface area contributed by atoms with Crippen molar-refractivity contribution in [1.29, 1.82) is 0 Å². The number of carbonyl (C=O) groups is 1. The van der Waals surface area contributed by atoms with E-state index in [1.807, 2.05) is 0 Å². The number of aromatic nitrogens is 1. The Hall–Kier alpha value is -1.15. The molecular weight excluding hydrogens is 305 g/mol. The number of halogens is 3. The number of hydrogen-bond acceptors (Lipinski definition) is 4. The summed E-state index contributed by atoms with van der Waals surface area (Å²) in [5.41, 5.74) is -1.89. The Bertz CT molecular complexity index is 510. The molecule has 1 aliphatic carbocycles. The Labute approximate surface area is 124 Å². The molecule has 21 heavy (non-hydrogen) atoms. The summed E-state index contributed by atoms with van der Waals surface area (Å²) >= 11 is 0.924. The van der Waals surface area contributed by atoms with Crippen LogP contribution in [-0.2, 0) is 17.4 Å². The average molecular weight is 322 g/mol. The van der Waals surface area contributed by atoms with Gasteiger partial charge in [0.25, 0.3) is 0 Å². The second-order valence-electron chi connectivity index (χ2n) is 5.53. The Morgan fingerprint density at radius 3 is 2.71 bits per heavy atom. The van der Waals surface area contributed by atoms with Gasteiger partial charge in [-0.15, -0.1) is 11.3 Å². The molecule has 0 radical (unpaired) electrons.